The quantitative estimate of drug-likeness (QED) is 0.806. The van der Waals surface area contributed by atoms with E-state index >= 15 is 0 Å². The number of carbonyl (C=O) groups is 2. The molecule has 0 N–H and O–H groups in total. The molecule has 3 rings (SSSR count). The molecule has 0 aliphatic carbocycles. The summed E-state index contributed by atoms with van der Waals surface area (Å²) in [4.78, 5) is 30.0. The van der Waals surface area contributed by atoms with E-state index in [4.69, 9.17) is 11.6 Å². The molecule has 0 atom stereocenters. The van der Waals surface area contributed by atoms with Crippen molar-refractivity contribution in [3.05, 3.63) is 59.4 Å². The molecule has 0 bridgehead atoms. The Morgan fingerprint density at radius 2 is 1.59 bits per heavy atom. The third-order valence-electron chi connectivity index (χ3n) is 4.64. The first kappa shape index (κ1) is 19.2. The largest absolute Gasteiger partial charge is 0.368 e. The molecule has 2 amide bonds. The van der Waals surface area contributed by atoms with Crippen LogP contribution in [0.3, 0.4) is 0 Å². The van der Waals surface area contributed by atoms with Crippen LogP contribution in [0, 0.1) is 5.82 Å². The van der Waals surface area contributed by atoms with E-state index in [1.807, 2.05) is 0 Å². The van der Waals surface area contributed by atoms with Gasteiger partial charge in [-0.25, -0.2) is 4.39 Å². The summed E-state index contributed by atoms with van der Waals surface area (Å²) in [6.07, 6.45) is 0. The van der Waals surface area contributed by atoms with Crippen LogP contribution in [-0.2, 0) is 9.59 Å². The lowest BCUT2D eigenvalue weighted by atomic mass is 10.2. The van der Waals surface area contributed by atoms with Crippen molar-refractivity contribution in [1.29, 1.82) is 0 Å². The first-order valence-corrected chi connectivity index (χ1v) is 9.14. The van der Waals surface area contributed by atoms with Gasteiger partial charge in [0.2, 0.25) is 11.8 Å². The predicted molar refractivity (Wildman–Crippen MR) is 105 cm³/mol. The molecule has 7 heteroatoms. The van der Waals surface area contributed by atoms with Crippen LogP contribution in [0.1, 0.15) is 6.92 Å². The summed E-state index contributed by atoms with van der Waals surface area (Å²) < 4.78 is 13.1. The molecular weight excluding hydrogens is 369 g/mol. The van der Waals surface area contributed by atoms with Crippen molar-refractivity contribution < 1.29 is 14.0 Å². The van der Waals surface area contributed by atoms with Gasteiger partial charge in [0.1, 0.15) is 12.4 Å². The van der Waals surface area contributed by atoms with Crippen molar-refractivity contribution in [2.24, 2.45) is 0 Å². The van der Waals surface area contributed by atoms with E-state index < -0.39 is 0 Å². The maximum atomic E-state index is 13.1. The van der Waals surface area contributed by atoms with Crippen LogP contribution in [0.4, 0.5) is 15.8 Å². The molecule has 27 heavy (non-hydrogen) atoms. The minimum Gasteiger partial charge on any atom is -0.368 e. The average Bonchev–Trinajstić information content (AvgIpc) is 2.67. The highest BCUT2D eigenvalue weighted by molar-refractivity contribution is 6.30. The number of benzene rings is 2. The summed E-state index contributed by atoms with van der Waals surface area (Å²) >= 11 is 5.89. The van der Waals surface area contributed by atoms with Gasteiger partial charge in [-0.05, 0) is 48.5 Å². The zero-order chi connectivity index (χ0) is 19.4. The van der Waals surface area contributed by atoms with Crippen LogP contribution in [0.15, 0.2) is 48.5 Å². The molecule has 1 fully saturated rings. The van der Waals surface area contributed by atoms with Gasteiger partial charge in [-0.1, -0.05) is 11.6 Å². The van der Waals surface area contributed by atoms with Crippen LogP contribution in [-0.4, -0.2) is 49.4 Å². The van der Waals surface area contributed by atoms with Crippen LogP contribution in [0.2, 0.25) is 5.02 Å². The summed E-state index contributed by atoms with van der Waals surface area (Å²) in [5, 5.41) is 0.575. The molecule has 142 valence electrons. The van der Waals surface area contributed by atoms with Gasteiger partial charge >= 0.3 is 0 Å². The van der Waals surface area contributed by atoms with E-state index in [1.165, 1.54) is 24.0 Å². The highest BCUT2D eigenvalue weighted by atomic mass is 35.5. The van der Waals surface area contributed by atoms with Crippen molar-refractivity contribution in [3.8, 4) is 0 Å². The molecular formula is C20H21ClFN3O2. The van der Waals surface area contributed by atoms with Crippen LogP contribution in [0.25, 0.3) is 0 Å². The number of amides is 2. The lowest BCUT2D eigenvalue weighted by Gasteiger charge is -2.37. The third kappa shape index (κ3) is 4.77. The summed E-state index contributed by atoms with van der Waals surface area (Å²) in [6, 6.07) is 13.2. The second kappa shape index (κ2) is 8.39. The lowest BCUT2D eigenvalue weighted by molar-refractivity contribution is -0.131. The monoisotopic (exact) mass is 389 g/mol. The fraction of sp³-hybridized carbons (Fsp3) is 0.300. The Morgan fingerprint density at radius 3 is 2.15 bits per heavy atom. The smallest absolute Gasteiger partial charge is 0.242 e. The van der Waals surface area contributed by atoms with Crippen LogP contribution >= 0.6 is 11.6 Å². The number of halogens is 2. The molecule has 1 aliphatic rings. The number of piperazine rings is 1. The number of hydrogen-bond donors (Lipinski definition) is 0. The van der Waals surface area contributed by atoms with E-state index in [0.29, 0.717) is 36.9 Å². The molecule has 0 unspecified atom stereocenters. The topological polar surface area (TPSA) is 43.9 Å². The highest BCUT2D eigenvalue weighted by Crippen LogP contribution is 2.20. The zero-order valence-electron chi connectivity index (χ0n) is 15.1. The standard InChI is InChI=1S/C20H21ClFN3O2/c1-15(26)25(19-6-2-16(21)3-7-19)14-20(27)24-12-10-23(11-13-24)18-8-4-17(22)5-9-18/h2-9H,10-14H2,1H3. The lowest BCUT2D eigenvalue weighted by Crippen LogP contribution is -2.51. The number of hydrogen-bond acceptors (Lipinski definition) is 3. The number of rotatable bonds is 4. The maximum absolute atomic E-state index is 13.1. The normalized spacial score (nSPS) is 14.2. The second-order valence-corrected chi connectivity index (χ2v) is 6.86. The Balaban J connectivity index is 1.60. The molecule has 1 heterocycles. The van der Waals surface area contributed by atoms with Gasteiger partial charge in [0, 0.05) is 49.5 Å². The van der Waals surface area contributed by atoms with E-state index in [-0.39, 0.29) is 24.2 Å². The van der Waals surface area contributed by atoms with Gasteiger partial charge in [0.25, 0.3) is 0 Å². The van der Waals surface area contributed by atoms with Gasteiger partial charge in [-0.3, -0.25) is 9.59 Å². The Morgan fingerprint density at radius 1 is 1.00 bits per heavy atom. The highest BCUT2D eigenvalue weighted by Gasteiger charge is 2.24. The third-order valence-corrected chi connectivity index (χ3v) is 4.89. The van der Waals surface area contributed by atoms with E-state index in [0.717, 1.165) is 5.69 Å². The number of anilines is 2. The molecule has 0 aromatic heterocycles. The van der Waals surface area contributed by atoms with Crippen molar-refractivity contribution >= 4 is 34.8 Å². The fourth-order valence-corrected chi connectivity index (χ4v) is 3.23. The van der Waals surface area contributed by atoms with Crippen molar-refractivity contribution in [3.63, 3.8) is 0 Å². The number of nitrogens with zero attached hydrogens (tertiary/aromatic N) is 3. The van der Waals surface area contributed by atoms with E-state index in [1.54, 1.807) is 41.3 Å². The van der Waals surface area contributed by atoms with Gasteiger partial charge in [0.15, 0.2) is 0 Å². The van der Waals surface area contributed by atoms with Gasteiger partial charge in [-0.2, -0.15) is 0 Å². The Bertz CT molecular complexity index is 803. The maximum Gasteiger partial charge on any atom is 0.242 e. The predicted octanol–water partition coefficient (Wildman–Crippen LogP) is 3.18. The average molecular weight is 390 g/mol. The summed E-state index contributed by atoms with van der Waals surface area (Å²) in [7, 11) is 0. The summed E-state index contributed by atoms with van der Waals surface area (Å²) in [6.45, 7) is 3.88. The fourth-order valence-electron chi connectivity index (χ4n) is 3.11. The van der Waals surface area contributed by atoms with Crippen molar-refractivity contribution in [2.45, 2.75) is 6.92 Å². The SMILES string of the molecule is CC(=O)N(CC(=O)N1CCN(c2ccc(F)cc2)CC1)c1ccc(Cl)cc1. The van der Waals surface area contributed by atoms with E-state index in [2.05, 4.69) is 4.90 Å². The zero-order valence-corrected chi connectivity index (χ0v) is 15.8. The molecule has 2 aromatic carbocycles. The first-order chi connectivity index (χ1) is 12.9. The Labute approximate surface area is 162 Å². The van der Waals surface area contributed by atoms with Crippen LogP contribution in [0.5, 0.6) is 0 Å². The Kier molecular flexibility index (Phi) is 5.96. The van der Waals surface area contributed by atoms with Crippen LogP contribution < -0.4 is 9.80 Å². The number of carbonyl (C=O) groups excluding carboxylic acids is 2. The Hall–Kier alpha value is -2.60. The van der Waals surface area contributed by atoms with Gasteiger partial charge in [0.05, 0.1) is 0 Å². The molecule has 0 spiro atoms. The molecule has 5 nitrogen and oxygen atoms in total. The molecule has 0 saturated carbocycles. The molecule has 1 saturated heterocycles. The molecule has 2 aromatic rings. The van der Waals surface area contributed by atoms with E-state index in [9.17, 15) is 14.0 Å². The second-order valence-electron chi connectivity index (χ2n) is 6.43. The molecule has 1 aliphatic heterocycles. The molecule has 0 radical (unpaired) electrons. The van der Waals surface area contributed by atoms with Crippen molar-refractivity contribution in [1.82, 2.24) is 4.90 Å². The summed E-state index contributed by atoms with van der Waals surface area (Å²) in [5.41, 5.74) is 1.58. The first-order valence-electron chi connectivity index (χ1n) is 8.76. The van der Waals surface area contributed by atoms with Gasteiger partial charge in [-0.15, -0.1) is 0 Å². The van der Waals surface area contributed by atoms with Crippen molar-refractivity contribution in [2.75, 3.05) is 42.5 Å². The minimum absolute atomic E-state index is 0.00643. The minimum atomic E-state index is -0.265. The van der Waals surface area contributed by atoms with Gasteiger partial charge < -0.3 is 14.7 Å². The summed E-state index contributed by atoms with van der Waals surface area (Å²) in [5.74, 6) is -0.561.